The molecule has 1 aromatic carbocycles. The second-order valence-corrected chi connectivity index (χ2v) is 16.7. The van der Waals surface area contributed by atoms with E-state index in [0.717, 1.165) is 0 Å². The molecule has 3 aliphatic heterocycles. The lowest BCUT2D eigenvalue weighted by molar-refractivity contribution is -0.141. The van der Waals surface area contributed by atoms with E-state index in [4.69, 9.17) is 14.2 Å². The Labute approximate surface area is 295 Å². The number of amides is 5. The lowest BCUT2D eigenvalue weighted by atomic mass is 10.1. The maximum Gasteiger partial charge on any atom is 0.410 e. The summed E-state index contributed by atoms with van der Waals surface area (Å²) in [5, 5.41) is 4.67. The molecule has 3 heterocycles. The highest BCUT2D eigenvalue weighted by Crippen LogP contribution is 2.46. The van der Waals surface area contributed by atoms with E-state index in [0.29, 0.717) is 30.4 Å². The summed E-state index contributed by atoms with van der Waals surface area (Å²) in [6.45, 7) is 5.28. The van der Waals surface area contributed by atoms with Crippen LogP contribution in [-0.2, 0) is 51.7 Å². The quantitative estimate of drug-likeness (QED) is 0.378. The molecule has 0 bridgehead atoms. The van der Waals surface area contributed by atoms with Gasteiger partial charge in [-0.2, -0.15) is 0 Å². The number of hydrogen-bond acceptors (Lipinski definition) is 10. The molecule has 1 aromatic rings. The first-order valence-corrected chi connectivity index (χ1v) is 18.8. The molecule has 5 atom stereocenters. The van der Waals surface area contributed by atoms with Crippen molar-refractivity contribution in [3.63, 3.8) is 0 Å². The highest BCUT2D eigenvalue weighted by atomic mass is 32.2. The molecular formula is C34H44FN5O10S. The van der Waals surface area contributed by atoms with E-state index in [1.54, 1.807) is 45.1 Å². The Bertz CT molecular complexity index is 1730. The molecule has 51 heavy (non-hydrogen) atoms. The molecule has 5 amide bonds. The van der Waals surface area contributed by atoms with Gasteiger partial charge >= 0.3 is 12.2 Å². The Morgan fingerprint density at radius 2 is 1.88 bits per heavy atom. The van der Waals surface area contributed by atoms with E-state index in [1.165, 1.54) is 15.9 Å². The lowest BCUT2D eigenvalue weighted by Gasteiger charge is -2.30. The number of benzene rings is 1. The first kappa shape index (κ1) is 36.5. The van der Waals surface area contributed by atoms with Gasteiger partial charge in [0.1, 0.15) is 35.1 Å². The van der Waals surface area contributed by atoms with Gasteiger partial charge < -0.3 is 29.7 Å². The normalized spacial score (nSPS) is 28.9. The zero-order valence-corrected chi connectivity index (χ0v) is 29.6. The molecular weight excluding hydrogens is 689 g/mol. The number of rotatable bonds is 5. The van der Waals surface area contributed by atoms with Crippen LogP contribution in [0, 0.1) is 11.7 Å². The van der Waals surface area contributed by atoms with E-state index < -0.39 is 86.2 Å². The fourth-order valence-electron chi connectivity index (χ4n) is 6.74. The number of hydrogen-bond donors (Lipinski definition) is 3. The fraction of sp³-hybridized carbons (Fsp3) is 0.618. The zero-order chi connectivity index (χ0) is 36.7. The second kappa shape index (κ2) is 14.1. The van der Waals surface area contributed by atoms with Gasteiger partial charge in [-0.1, -0.05) is 24.3 Å². The van der Waals surface area contributed by atoms with Gasteiger partial charge in [0.25, 0.3) is 5.91 Å². The summed E-state index contributed by atoms with van der Waals surface area (Å²) in [7, 11) is -3.94. The molecule has 2 saturated carbocycles. The molecule has 0 radical (unpaired) electrons. The minimum Gasteiger partial charge on any atom is -0.444 e. The van der Waals surface area contributed by atoms with Crippen LogP contribution in [0.1, 0.15) is 70.4 Å². The van der Waals surface area contributed by atoms with E-state index in [2.05, 4.69) is 15.4 Å². The van der Waals surface area contributed by atoms with E-state index in [1.807, 2.05) is 0 Å². The molecule has 3 N–H and O–H groups in total. The summed E-state index contributed by atoms with van der Waals surface area (Å²) in [4.78, 5) is 70.6. The number of alkyl carbamates (subject to hydrolysis) is 1. The van der Waals surface area contributed by atoms with Gasteiger partial charge in [0.15, 0.2) is 0 Å². The number of fused-ring (bicyclic) bond motifs is 3. The van der Waals surface area contributed by atoms with Gasteiger partial charge in [-0.05, 0) is 64.5 Å². The topological polar surface area (TPSA) is 190 Å². The largest absolute Gasteiger partial charge is 0.444 e. The lowest BCUT2D eigenvalue weighted by Crippen LogP contribution is -2.58. The zero-order valence-electron chi connectivity index (χ0n) is 28.8. The van der Waals surface area contributed by atoms with Crippen LogP contribution in [0.3, 0.4) is 0 Å². The van der Waals surface area contributed by atoms with Crippen LogP contribution in [0.25, 0.3) is 0 Å². The van der Waals surface area contributed by atoms with Crippen LogP contribution < -0.4 is 15.4 Å². The van der Waals surface area contributed by atoms with E-state index in [9.17, 15) is 36.8 Å². The molecule has 0 unspecified atom stereocenters. The number of halogens is 1. The first-order chi connectivity index (χ1) is 24.1. The Balaban J connectivity index is 1.25. The van der Waals surface area contributed by atoms with Crippen molar-refractivity contribution in [2.24, 2.45) is 5.92 Å². The number of carbonyl (C=O) groups is 5. The summed E-state index contributed by atoms with van der Waals surface area (Å²) in [6, 6.07) is 2.16. The molecule has 0 spiro atoms. The highest BCUT2D eigenvalue weighted by molar-refractivity contribution is 7.91. The third kappa shape index (κ3) is 8.29. The Hall–Kier alpha value is -4.25. The van der Waals surface area contributed by atoms with Crippen molar-refractivity contribution in [2.75, 3.05) is 19.8 Å². The minimum absolute atomic E-state index is 0.0135. The molecule has 5 aliphatic rings. The Kier molecular flexibility index (Phi) is 10.1. The van der Waals surface area contributed by atoms with Gasteiger partial charge in [-0.25, -0.2) is 22.4 Å². The number of nitrogens with zero attached hydrogens (tertiary/aromatic N) is 2. The Morgan fingerprint density at radius 3 is 2.59 bits per heavy atom. The molecule has 2 aliphatic carbocycles. The van der Waals surface area contributed by atoms with Gasteiger partial charge in [-0.15, -0.1) is 0 Å². The van der Waals surface area contributed by atoms with Crippen LogP contribution in [0.2, 0.25) is 0 Å². The molecule has 17 heteroatoms. The number of nitrogens with one attached hydrogen (secondary N) is 3. The number of ether oxygens (including phenoxy) is 3. The van der Waals surface area contributed by atoms with Gasteiger partial charge in [0, 0.05) is 31.1 Å². The SMILES string of the molecule is CC(C)(C)OC(=O)N[C@H]1CCCOC/C=C\[C@H]2C[C@@]2(C(=O)NS(=O)(=O)C2CC2)NC(=O)[C@@H]2C[C@@H](OC(=O)N3Cc4cccc(F)c4C3)CN2C1=O. The molecule has 278 valence electrons. The highest BCUT2D eigenvalue weighted by Gasteiger charge is 2.62. The van der Waals surface area contributed by atoms with Crippen LogP contribution in [0.15, 0.2) is 30.4 Å². The number of carbonyl (C=O) groups excluding carboxylic acids is 5. The maximum atomic E-state index is 14.4. The van der Waals surface area contributed by atoms with Crippen molar-refractivity contribution >= 4 is 39.9 Å². The smallest absolute Gasteiger partial charge is 0.410 e. The van der Waals surface area contributed by atoms with Gasteiger partial charge in [0.05, 0.1) is 24.9 Å². The summed E-state index contributed by atoms with van der Waals surface area (Å²) >= 11 is 0. The number of sulfonamides is 1. The van der Waals surface area contributed by atoms with Crippen molar-refractivity contribution in [1.29, 1.82) is 0 Å². The molecule has 3 fully saturated rings. The molecule has 1 saturated heterocycles. The third-order valence-electron chi connectivity index (χ3n) is 9.62. The predicted octanol–water partition coefficient (Wildman–Crippen LogP) is 1.99. The second-order valence-electron chi connectivity index (χ2n) is 14.8. The molecule has 0 aromatic heterocycles. The third-order valence-corrected chi connectivity index (χ3v) is 11.4. The van der Waals surface area contributed by atoms with Crippen molar-refractivity contribution < 1.29 is 51.0 Å². The minimum atomic E-state index is -3.94. The van der Waals surface area contributed by atoms with Crippen molar-refractivity contribution in [3.8, 4) is 0 Å². The average Bonchev–Trinajstić information content (AvgIpc) is 3.93. The van der Waals surface area contributed by atoms with Crippen molar-refractivity contribution in [2.45, 2.75) is 107 Å². The van der Waals surface area contributed by atoms with Crippen LogP contribution >= 0.6 is 0 Å². The predicted molar refractivity (Wildman–Crippen MR) is 177 cm³/mol. The first-order valence-electron chi connectivity index (χ1n) is 17.2. The monoisotopic (exact) mass is 733 g/mol. The summed E-state index contributed by atoms with van der Waals surface area (Å²) < 4.78 is 58.8. The molecule has 15 nitrogen and oxygen atoms in total. The maximum absolute atomic E-state index is 14.4. The van der Waals surface area contributed by atoms with Crippen LogP contribution in [0.5, 0.6) is 0 Å². The van der Waals surface area contributed by atoms with E-state index in [-0.39, 0.29) is 52.1 Å². The summed E-state index contributed by atoms with van der Waals surface area (Å²) in [5.74, 6) is -3.28. The van der Waals surface area contributed by atoms with Crippen LogP contribution in [-0.4, -0.2) is 102 Å². The van der Waals surface area contributed by atoms with Crippen molar-refractivity contribution in [1.82, 2.24) is 25.2 Å². The fourth-order valence-corrected chi connectivity index (χ4v) is 8.10. The Morgan fingerprint density at radius 1 is 1.12 bits per heavy atom. The van der Waals surface area contributed by atoms with Crippen LogP contribution in [0.4, 0.5) is 14.0 Å². The molecule has 6 rings (SSSR count). The summed E-state index contributed by atoms with van der Waals surface area (Å²) in [5.41, 5.74) is -1.46. The summed E-state index contributed by atoms with van der Waals surface area (Å²) in [6.07, 6.45) is 2.07. The van der Waals surface area contributed by atoms with E-state index >= 15 is 0 Å². The van der Waals surface area contributed by atoms with Gasteiger partial charge in [0.2, 0.25) is 21.8 Å². The standard InChI is InChI=1S/C34H44FN5O10S/c1-33(2,3)50-31(44)36-26-10-6-14-48-13-5-8-21-16-34(21,30(43)38-51(46,47)23-11-12-23)37-28(41)27-15-22(18-40(27)29(26)42)49-32(45)39-17-20-7-4-9-25(35)24(20)19-39/h4-5,7-9,21-23,26-27H,6,10-19H2,1-3H3,(H,36,44)(H,37,41)(H,38,43)/b8-5-/t21-,22+,26-,27-,34+/m0/s1. The van der Waals surface area contributed by atoms with Crippen molar-refractivity contribution in [3.05, 3.63) is 47.3 Å². The van der Waals surface area contributed by atoms with Gasteiger partial charge in [-0.3, -0.25) is 24.0 Å². The average molecular weight is 734 g/mol.